The minimum Gasteiger partial charge on any atom is -0.494 e. The molecular weight excluding hydrogens is 438 g/mol. The number of carboxylic acid groups (broad SMARTS) is 1. The van der Waals surface area contributed by atoms with Gasteiger partial charge < -0.3 is 19.7 Å². The Morgan fingerprint density at radius 3 is 2.62 bits per heavy atom. The molecule has 0 saturated heterocycles. The summed E-state index contributed by atoms with van der Waals surface area (Å²) in [7, 11) is 0. The van der Waals surface area contributed by atoms with Crippen LogP contribution in [-0.4, -0.2) is 40.8 Å². The predicted octanol–water partition coefficient (Wildman–Crippen LogP) is 4.13. The molecule has 1 heterocycles. The Morgan fingerprint density at radius 1 is 1.28 bits per heavy atom. The van der Waals surface area contributed by atoms with Crippen LogP contribution in [0.15, 0.2) is 70.7 Å². The number of nitrogens with zero attached hydrogens (tertiary/aromatic N) is 1. The van der Waals surface area contributed by atoms with Gasteiger partial charge in [-0.1, -0.05) is 40.2 Å². The number of hydrogen-bond donors (Lipinski definition) is 2. The van der Waals surface area contributed by atoms with Crippen LogP contribution in [0.4, 0.5) is 0 Å². The molecule has 152 valence electrons. The second kappa shape index (κ2) is 9.24. The second-order valence-corrected chi connectivity index (χ2v) is 7.46. The molecule has 2 N–H and O–H groups in total. The third-order valence-corrected chi connectivity index (χ3v) is 5.37. The van der Waals surface area contributed by atoms with Crippen LogP contribution in [0.2, 0.25) is 0 Å². The first-order chi connectivity index (χ1) is 14.0. The van der Waals surface area contributed by atoms with Crippen molar-refractivity contribution in [2.75, 3.05) is 13.2 Å². The molecule has 0 radical (unpaired) electrons. The summed E-state index contributed by atoms with van der Waals surface area (Å²) in [4.78, 5) is 16.8. The maximum Gasteiger partial charge on any atom is 0.336 e. The van der Waals surface area contributed by atoms with Gasteiger partial charge in [0.05, 0.1) is 6.61 Å². The Hall–Kier alpha value is -2.64. The summed E-state index contributed by atoms with van der Waals surface area (Å²) < 4.78 is 12.4. The molecule has 0 amide bonds. The molecule has 2 aromatic carbocycles. The summed E-state index contributed by atoms with van der Waals surface area (Å²) in [6, 6.07) is 14.4. The third-order valence-electron chi connectivity index (χ3n) is 4.65. The fraction of sp³-hybridized carbons (Fsp3) is 0.273. The molecule has 0 bridgehead atoms. The number of halogens is 1. The molecule has 7 heteroatoms. The van der Waals surface area contributed by atoms with Crippen molar-refractivity contribution in [1.29, 1.82) is 0 Å². The summed E-state index contributed by atoms with van der Waals surface area (Å²) in [5, 5.41) is 18.9. The standard InChI is InChI=1S/C22H22BrNO5/c1-2-12-22(21(26)27)19(17-6-3-4-7-18(17)23)29-20(24-22)15-8-10-16(11-9-15)28-14-5-13-25/h2-4,6-11,19,25H,1,5,12-14H2,(H,26,27)/t19-,22-/m1/s1. The van der Waals surface area contributed by atoms with Crippen LogP contribution in [0.3, 0.4) is 0 Å². The highest BCUT2D eigenvalue weighted by molar-refractivity contribution is 9.10. The number of carboxylic acids is 1. The van der Waals surface area contributed by atoms with Crippen LogP contribution in [0.1, 0.15) is 30.1 Å². The molecule has 0 saturated carbocycles. The van der Waals surface area contributed by atoms with Crippen LogP contribution < -0.4 is 4.74 Å². The summed E-state index contributed by atoms with van der Waals surface area (Å²) >= 11 is 3.49. The van der Waals surface area contributed by atoms with E-state index in [0.29, 0.717) is 29.9 Å². The molecule has 2 atom stereocenters. The summed E-state index contributed by atoms with van der Waals surface area (Å²) in [5.41, 5.74) is -0.139. The van der Waals surface area contributed by atoms with Crippen LogP contribution >= 0.6 is 15.9 Å². The number of benzene rings is 2. The minimum atomic E-state index is -1.50. The van der Waals surface area contributed by atoms with E-state index in [9.17, 15) is 9.90 Å². The Kier molecular flexibility index (Phi) is 6.71. The average molecular weight is 460 g/mol. The van der Waals surface area contributed by atoms with Gasteiger partial charge in [0, 0.05) is 35.0 Å². The van der Waals surface area contributed by atoms with E-state index in [0.717, 1.165) is 4.47 Å². The Labute approximate surface area is 177 Å². The molecule has 1 aliphatic rings. The van der Waals surface area contributed by atoms with E-state index in [4.69, 9.17) is 14.6 Å². The van der Waals surface area contributed by atoms with Crippen LogP contribution in [-0.2, 0) is 9.53 Å². The first kappa shape index (κ1) is 21.1. The van der Waals surface area contributed by atoms with E-state index < -0.39 is 17.6 Å². The second-order valence-electron chi connectivity index (χ2n) is 6.61. The van der Waals surface area contributed by atoms with Gasteiger partial charge in [0.25, 0.3) is 0 Å². The normalized spacial score (nSPS) is 20.6. The lowest BCUT2D eigenvalue weighted by molar-refractivity contribution is -0.146. The van der Waals surface area contributed by atoms with E-state index in [1.54, 1.807) is 30.3 Å². The first-order valence-electron chi connectivity index (χ1n) is 9.21. The van der Waals surface area contributed by atoms with Crippen molar-refractivity contribution < 1.29 is 24.5 Å². The highest BCUT2D eigenvalue weighted by atomic mass is 79.9. The fourth-order valence-corrected chi connectivity index (χ4v) is 3.68. The van der Waals surface area contributed by atoms with Crippen molar-refractivity contribution in [2.45, 2.75) is 24.5 Å². The smallest absolute Gasteiger partial charge is 0.336 e. The van der Waals surface area contributed by atoms with Crippen molar-refractivity contribution in [3.63, 3.8) is 0 Å². The Morgan fingerprint density at radius 2 is 2.00 bits per heavy atom. The first-order valence-corrected chi connectivity index (χ1v) is 10.0. The zero-order valence-corrected chi connectivity index (χ0v) is 17.3. The van der Waals surface area contributed by atoms with Gasteiger partial charge in [0.2, 0.25) is 11.4 Å². The molecule has 0 aromatic heterocycles. The summed E-state index contributed by atoms with van der Waals surface area (Å²) in [6.45, 7) is 4.20. The Balaban J connectivity index is 1.95. The van der Waals surface area contributed by atoms with Gasteiger partial charge in [-0.2, -0.15) is 0 Å². The molecule has 0 aliphatic carbocycles. The average Bonchev–Trinajstić information content (AvgIpc) is 3.10. The van der Waals surface area contributed by atoms with Crippen molar-refractivity contribution in [3.8, 4) is 5.75 Å². The highest BCUT2D eigenvalue weighted by Gasteiger charge is 2.53. The van der Waals surface area contributed by atoms with Crippen molar-refractivity contribution in [2.24, 2.45) is 4.99 Å². The predicted molar refractivity (Wildman–Crippen MR) is 113 cm³/mol. The summed E-state index contributed by atoms with van der Waals surface area (Å²) in [6.07, 6.45) is 1.42. The largest absolute Gasteiger partial charge is 0.494 e. The zero-order valence-electron chi connectivity index (χ0n) is 15.8. The lowest BCUT2D eigenvalue weighted by atomic mass is 9.85. The lowest BCUT2D eigenvalue weighted by Gasteiger charge is -2.27. The molecule has 0 spiro atoms. The SMILES string of the molecule is C=CC[C@@]1(C(=O)O)N=C(c2ccc(OCCCO)cc2)O[C@@H]1c1ccccc1Br. The molecule has 0 fully saturated rings. The number of aliphatic hydroxyl groups excluding tert-OH is 1. The van der Waals surface area contributed by atoms with Gasteiger partial charge in [-0.15, -0.1) is 6.58 Å². The van der Waals surface area contributed by atoms with E-state index in [2.05, 4.69) is 27.5 Å². The van der Waals surface area contributed by atoms with E-state index in [-0.39, 0.29) is 18.9 Å². The topological polar surface area (TPSA) is 88.4 Å². The van der Waals surface area contributed by atoms with Gasteiger partial charge in [-0.3, -0.25) is 0 Å². The van der Waals surface area contributed by atoms with E-state index in [1.165, 1.54) is 0 Å². The zero-order chi connectivity index (χ0) is 20.9. The monoisotopic (exact) mass is 459 g/mol. The molecule has 2 aromatic rings. The van der Waals surface area contributed by atoms with Gasteiger partial charge in [0.15, 0.2) is 6.10 Å². The fourth-order valence-electron chi connectivity index (χ4n) is 3.18. The molecule has 29 heavy (non-hydrogen) atoms. The number of ether oxygens (including phenoxy) is 2. The number of hydrogen-bond acceptors (Lipinski definition) is 5. The maximum absolute atomic E-state index is 12.3. The highest BCUT2D eigenvalue weighted by Crippen LogP contribution is 2.44. The van der Waals surface area contributed by atoms with Crippen molar-refractivity contribution in [3.05, 3.63) is 76.8 Å². The van der Waals surface area contributed by atoms with Crippen LogP contribution in [0, 0.1) is 0 Å². The lowest BCUT2D eigenvalue weighted by Crippen LogP contribution is -2.40. The number of aliphatic imine (C=N–C) groups is 1. The molecular formula is C22H22BrNO5. The van der Waals surface area contributed by atoms with E-state index >= 15 is 0 Å². The van der Waals surface area contributed by atoms with Crippen LogP contribution in [0.5, 0.6) is 5.75 Å². The maximum atomic E-state index is 12.3. The molecule has 1 aliphatic heterocycles. The van der Waals surface area contributed by atoms with Gasteiger partial charge >= 0.3 is 5.97 Å². The summed E-state index contributed by atoms with van der Waals surface area (Å²) in [5.74, 6) is -0.159. The van der Waals surface area contributed by atoms with Gasteiger partial charge in [-0.25, -0.2) is 9.79 Å². The van der Waals surface area contributed by atoms with E-state index in [1.807, 2.05) is 24.3 Å². The van der Waals surface area contributed by atoms with Gasteiger partial charge in [0.1, 0.15) is 5.75 Å². The third kappa shape index (κ3) is 4.36. The Bertz CT molecular complexity index is 912. The number of aliphatic carboxylic acids is 1. The molecule has 3 rings (SSSR count). The minimum absolute atomic E-state index is 0.0692. The van der Waals surface area contributed by atoms with Crippen LogP contribution in [0.25, 0.3) is 0 Å². The van der Waals surface area contributed by atoms with Gasteiger partial charge in [-0.05, 0) is 30.3 Å². The number of aliphatic hydroxyl groups is 1. The molecule has 6 nitrogen and oxygen atoms in total. The molecule has 0 unspecified atom stereocenters. The quantitative estimate of drug-likeness (QED) is 0.434. The van der Waals surface area contributed by atoms with Crippen molar-refractivity contribution in [1.82, 2.24) is 0 Å². The number of carbonyl (C=O) groups is 1. The van der Waals surface area contributed by atoms with Crippen molar-refractivity contribution >= 4 is 27.8 Å². The number of rotatable bonds is 9.